The zero-order valence-electron chi connectivity index (χ0n) is 32.6. The molecule has 0 N–H and O–H groups in total. The van der Waals surface area contributed by atoms with E-state index in [-0.39, 0.29) is 0 Å². The summed E-state index contributed by atoms with van der Waals surface area (Å²) in [6.07, 6.45) is 0. The van der Waals surface area contributed by atoms with Crippen molar-refractivity contribution < 1.29 is 0 Å². The lowest BCUT2D eigenvalue weighted by atomic mass is 10.0. The van der Waals surface area contributed by atoms with Gasteiger partial charge in [0.05, 0.1) is 33.1 Å². The maximum atomic E-state index is 5.24. The van der Waals surface area contributed by atoms with Gasteiger partial charge < -0.3 is 9.47 Å². The predicted molar refractivity (Wildman–Crippen MR) is 249 cm³/mol. The van der Waals surface area contributed by atoms with E-state index in [9.17, 15) is 0 Å². The number of rotatable bonds is 7. The first kappa shape index (κ1) is 33.9. The second kappa shape index (κ2) is 13.8. The number of hydrogen-bond donors (Lipinski definition) is 0. The third kappa shape index (κ3) is 5.44. The molecule has 0 amide bonds. The van der Waals surface area contributed by atoms with Crippen LogP contribution in [0.1, 0.15) is 0 Å². The normalized spacial score (nSPS) is 11.7. The molecule has 9 aromatic carbocycles. The number of nitrogens with zero attached hydrogens (tertiary/aromatic N) is 5. The number of imidazole rings is 2. The van der Waals surface area contributed by atoms with Gasteiger partial charge in [-0.05, 0) is 113 Å². The molecule has 60 heavy (non-hydrogen) atoms. The molecule has 0 aliphatic heterocycles. The number of hydrogen-bond acceptors (Lipinski definition) is 2. The van der Waals surface area contributed by atoms with Crippen molar-refractivity contribution in [2.75, 3.05) is 4.90 Å². The molecule has 12 aromatic rings. The van der Waals surface area contributed by atoms with E-state index in [0.29, 0.717) is 0 Å². The fourth-order valence-corrected chi connectivity index (χ4v) is 9.05. The molecular formula is C55H37N5. The summed E-state index contributed by atoms with van der Waals surface area (Å²) < 4.78 is 6.97. The second-order valence-electron chi connectivity index (χ2n) is 15.3. The Labute approximate surface area is 346 Å². The molecule has 5 heteroatoms. The number of anilines is 3. The van der Waals surface area contributed by atoms with Gasteiger partial charge in [0, 0.05) is 39.2 Å². The first-order chi connectivity index (χ1) is 29.8. The van der Waals surface area contributed by atoms with E-state index in [2.05, 4.69) is 243 Å². The highest BCUT2D eigenvalue weighted by atomic mass is 15.2. The van der Waals surface area contributed by atoms with Crippen molar-refractivity contribution in [3.8, 4) is 33.6 Å². The van der Waals surface area contributed by atoms with Crippen LogP contribution >= 0.6 is 0 Å². The fourth-order valence-electron chi connectivity index (χ4n) is 9.05. The van der Waals surface area contributed by atoms with Crippen LogP contribution < -0.4 is 4.90 Å². The lowest BCUT2D eigenvalue weighted by molar-refractivity contribution is 1.11. The molecule has 0 radical (unpaired) electrons. The molecule has 0 saturated carbocycles. The molecule has 0 unspecified atom stereocenters. The summed E-state index contributed by atoms with van der Waals surface area (Å²) in [5.41, 5.74) is 16.7. The van der Waals surface area contributed by atoms with Crippen LogP contribution in [0.3, 0.4) is 0 Å². The highest BCUT2D eigenvalue weighted by molar-refractivity contribution is 6.11. The monoisotopic (exact) mass is 767 g/mol. The van der Waals surface area contributed by atoms with Crippen LogP contribution in [-0.2, 0) is 0 Å². The molecule has 12 rings (SSSR count). The summed E-state index contributed by atoms with van der Waals surface area (Å²) in [5.74, 6) is 0.879. The lowest BCUT2D eigenvalue weighted by Crippen LogP contribution is -2.10. The van der Waals surface area contributed by atoms with Crippen molar-refractivity contribution in [3.63, 3.8) is 0 Å². The van der Waals surface area contributed by atoms with Gasteiger partial charge in [-0.2, -0.15) is 0 Å². The molecule has 3 aromatic heterocycles. The molecule has 0 bridgehead atoms. The number of aromatic nitrogens is 4. The van der Waals surface area contributed by atoms with Crippen molar-refractivity contribution in [1.82, 2.24) is 18.5 Å². The third-order valence-corrected chi connectivity index (χ3v) is 11.8. The highest BCUT2D eigenvalue weighted by Gasteiger charge is 2.22. The molecule has 282 valence electrons. The SMILES string of the molecule is c1ccc(-c2ccc(N(c3ccc4c(c3)c3ccccc3n4-c3ccccc3)c3ccc4c(c3)n3c5ccccc5nc3n4-c3ccc(-c4ccccc4)cc3)cc2)cc1. The van der Waals surface area contributed by atoms with Crippen molar-refractivity contribution in [1.29, 1.82) is 0 Å². The van der Waals surface area contributed by atoms with Crippen LogP contribution in [0.2, 0.25) is 0 Å². The summed E-state index contributed by atoms with van der Waals surface area (Å²) in [6, 6.07) is 80.4. The average Bonchev–Trinajstić information content (AvgIpc) is 3.97. The molecule has 0 fully saturated rings. The second-order valence-corrected chi connectivity index (χ2v) is 15.3. The maximum absolute atomic E-state index is 5.24. The molecule has 0 aliphatic rings. The maximum Gasteiger partial charge on any atom is 0.220 e. The Balaban J connectivity index is 1.07. The zero-order valence-corrected chi connectivity index (χ0v) is 32.6. The molecule has 0 aliphatic carbocycles. The number of para-hydroxylation sites is 4. The topological polar surface area (TPSA) is 30.4 Å². The summed E-state index contributed by atoms with van der Waals surface area (Å²) in [4.78, 5) is 7.63. The quantitative estimate of drug-likeness (QED) is 0.162. The van der Waals surface area contributed by atoms with Crippen molar-refractivity contribution >= 4 is 66.7 Å². The molecule has 3 heterocycles. The van der Waals surface area contributed by atoms with Gasteiger partial charge in [0.25, 0.3) is 0 Å². The van der Waals surface area contributed by atoms with Crippen LogP contribution in [0.25, 0.3) is 83.3 Å². The number of benzene rings is 9. The average molecular weight is 768 g/mol. The number of fused-ring (bicyclic) bond motifs is 8. The van der Waals surface area contributed by atoms with E-state index in [1.807, 2.05) is 0 Å². The van der Waals surface area contributed by atoms with Crippen molar-refractivity contribution in [3.05, 3.63) is 224 Å². The first-order valence-corrected chi connectivity index (χ1v) is 20.4. The molecule has 0 spiro atoms. The minimum absolute atomic E-state index is 0.879. The van der Waals surface area contributed by atoms with E-state index in [4.69, 9.17) is 4.98 Å². The lowest BCUT2D eigenvalue weighted by Gasteiger charge is -2.26. The summed E-state index contributed by atoms with van der Waals surface area (Å²) in [5, 5.41) is 2.42. The predicted octanol–water partition coefficient (Wildman–Crippen LogP) is 14.3. The van der Waals surface area contributed by atoms with Crippen LogP contribution in [0, 0.1) is 0 Å². The Hall–Kier alpha value is -8.15. The van der Waals surface area contributed by atoms with E-state index < -0.39 is 0 Å². The zero-order chi connectivity index (χ0) is 39.6. The van der Waals surface area contributed by atoms with E-state index in [0.717, 1.165) is 56.3 Å². The highest BCUT2D eigenvalue weighted by Crippen LogP contribution is 2.42. The molecular weight excluding hydrogens is 731 g/mol. The van der Waals surface area contributed by atoms with Gasteiger partial charge in [0.15, 0.2) is 0 Å². The van der Waals surface area contributed by atoms with Gasteiger partial charge in [0.1, 0.15) is 0 Å². The van der Waals surface area contributed by atoms with Gasteiger partial charge in [-0.25, -0.2) is 4.98 Å². The van der Waals surface area contributed by atoms with E-state index >= 15 is 0 Å². The smallest absolute Gasteiger partial charge is 0.220 e. The molecule has 0 atom stereocenters. The third-order valence-electron chi connectivity index (χ3n) is 11.8. The Morgan fingerprint density at radius 1 is 0.317 bits per heavy atom. The fraction of sp³-hybridized carbons (Fsp3) is 0. The van der Waals surface area contributed by atoms with Crippen LogP contribution in [-0.4, -0.2) is 18.5 Å². The van der Waals surface area contributed by atoms with Crippen LogP contribution in [0.15, 0.2) is 224 Å². The Morgan fingerprint density at radius 3 is 1.52 bits per heavy atom. The Morgan fingerprint density at radius 2 is 0.817 bits per heavy atom. The van der Waals surface area contributed by atoms with Crippen molar-refractivity contribution in [2.45, 2.75) is 0 Å². The van der Waals surface area contributed by atoms with Gasteiger partial charge in [0.2, 0.25) is 5.78 Å². The summed E-state index contributed by atoms with van der Waals surface area (Å²) >= 11 is 0. The summed E-state index contributed by atoms with van der Waals surface area (Å²) in [7, 11) is 0. The van der Waals surface area contributed by atoms with E-state index in [1.165, 1.54) is 44.1 Å². The largest absolute Gasteiger partial charge is 0.310 e. The minimum atomic E-state index is 0.879. The van der Waals surface area contributed by atoms with Crippen LogP contribution in [0.5, 0.6) is 0 Å². The Bertz CT molecular complexity index is 3510. The summed E-state index contributed by atoms with van der Waals surface area (Å²) in [6.45, 7) is 0. The standard InChI is InChI=1S/C55H37N5/c1-4-14-38(15-5-1)40-24-28-43(29-25-40)57(45-32-34-51-48(36-45)47-20-10-12-22-50(47)58(51)42-18-8-3-9-19-42)46-33-35-53-54(37-46)60-52-23-13-11-21-49(52)56-55(60)59(53)44-30-26-41(27-31-44)39-16-6-2-7-17-39/h1-37H. The van der Waals surface area contributed by atoms with E-state index in [1.54, 1.807) is 0 Å². The van der Waals surface area contributed by atoms with Gasteiger partial charge >= 0.3 is 0 Å². The Kier molecular flexibility index (Phi) is 7.78. The van der Waals surface area contributed by atoms with Gasteiger partial charge in [-0.15, -0.1) is 0 Å². The van der Waals surface area contributed by atoms with Gasteiger partial charge in [-0.3, -0.25) is 8.97 Å². The van der Waals surface area contributed by atoms with Crippen LogP contribution in [0.4, 0.5) is 17.1 Å². The molecule has 5 nitrogen and oxygen atoms in total. The minimum Gasteiger partial charge on any atom is -0.310 e. The molecule has 0 saturated heterocycles. The van der Waals surface area contributed by atoms with Crippen molar-refractivity contribution in [2.24, 2.45) is 0 Å². The first-order valence-electron chi connectivity index (χ1n) is 20.4. The van der Waals surface area contributed by atoms with Gasteiger partial charge in [-0.1, -0.05) is 133 Å².